The lowest BCUT2D eigenvalue weighted by atomic mass is 9.92. The molecule has 13 nitrogen and oxygen atoms in total. The number of ketones is 2. The van der Waals surface area contributed by atoms with Gasteiger partial charge < -0.3 is 24.8 Å². The molecule has 5 heterocycles. The van der Waals surface area contributed by atoms with Crippen molar-refractivity contribution in [3.8, 4) is 5.75 Å². The topological polar surface area (TPSA) is 133 Å². The van der Waals surface area contributed by atoms with Crippen LogP contribution in [0.4, 0.5) is 17.2 Å². The molecular formula is C46H50N8O5. The fourth-order valence-electron chi connectivity index (χ4n) is 9.67. The Morgan fingerprint density at radius 2 is 1.68 bits per heavy atom. The molecule has 0 spiro atoms. The van der Waals surface area contributed by atoms with Gasteiger partial charge >= 0.3 is 0 Å². The monoisotopic (exact) mass is 794 g/mol. The lowest BCUT2D eigenvalue weighted by molar-refractivity contribution is -0.133. The molecule has 2 aromatic carbocycles. The number of hydrogen-bond donors (Lipinski definition) is 1. The van der Waals surface area contributed by atoms with Crippen molar-refractivity contribution in [2.75, 3.05) is 55.6 Å². The highest BCUT2D eigenvalue weighted by molar-refractivity contribution is 6.07. The average molecular weight is 795 g/mol. The van der Waals surface area contributed by atoms with Crippen molar-refractivity contribution < 1.29 is 23.9 Å². The van der Waals surface area contributed by atoms with E-state index in [1.165, 1.54) is 0 Å². The first-order valence-corrected chi connectivity index (χ1v) is 21.2. The van der Waals surface area contributed by atoms with Crippen LogP contribution in [0.2, 0.25) is 0 Å². The first kappa shape index (κ1) is 38.6. The third-order valence-corrected chi connectivity index (χ3v) is 13.1. The largest absolute Gasteiger partial charge is 0.490 e. The second-order valence-electron chi connectivity index (χ2n) is 16.8. The number of carbonyl (C=O) groups excluding carboxylic acids is 4. The molecule has 0 bridgehead atoms. The quantitative estimate of drug-likeness (QED) is 0.159. The van der Waals surface area contributed by atoms with Crippen molar-refractivity contribution in [3.05, 3.63) is 95.1 Å². The minimum absolute atomic E-state index is 0.0292. The number of rotatable bonds is 9. The van der Waals surface area contributed by atoms with Gasteiger partial charge in [0.2, 0.25) is 5.69 Å². The number of pyridine rings is 2. The van der Waals surface area contributed by atoms with Gasteiger partial charge in [-0.3, -0.25) is 29.1 Å². The standard InChI is InChI=1S/C46H50N8O5/c1-47-39-12-14-42(38-3-2-18-48-44(38)39)59-36-9-5-33(6-10-36)50-45(57)31-4-15-43(49-27-31)53-19-16-30(17-20-53)28-51-21-23-52(24-22-51)34-7-11-37-32(25-34)29-54(46(37)58)40-13-8-35(55)26-41(40)56/h2-4,7,11-12,14-15,18,25,27,30,33,36,40H,5-6,8-10,13,16-17,19-24,26,28-29H2,(H,50,57)/t33?,36?,40-/m0/s1. The van der Waals surface area contributed by atoms with Crippen molar-refractivity contribution in [2.45, 2.75) is 82.5 Å². The molecule has 5 aliphatic rings. The van der Waals surface area contributed by atoms with Crippen LogP contribution in [0, 0.1) is 12.5 Å². The Morgan fingerprint density at radius 3 is 2.42 bits per heavy atom. The third kappa shape index (κ3) is 8.23. The van der Waals surface area contributed by atoms with Gasteiger partial charge in [0.15, 0.2) is 5.78 Å². The maximum atomic E-state index is 13.2. The summed E-state index contributed by atoms with van der Waals surface area (Å²) in [6.45, 7) is 14.7. The molecule has 2 saturated carbocycles. The summed E-state index contributed by atoms with van der Waals surface area (Å²) in [5.74, 6) is 1.93. The Kier molecular flexibility index (Phi) is 11.0. The van der Waals surface area contributed by atoms with E-state index >= 15 is 0 Å². The highest BCUT2D eigenvalue weighted by Gasteiger charge is 2.39. The fourth-order valence-corrected chi connectivity index (χ4v) is 9.67. The molecule has 2 aliphatic carbocycles. The zero-order valence-corrected chi connectivity index (χ0v) is 33.4. The summed E-state index contributed by atoms with van der Waals surface area (Å²) in [4.78, 5) is 72.3. The Hall–Kier alpha value is -5.87. The van der Waals surface area contributed by atoms with E-state index in [2.05, 4.69) is 35.9 Å². The molecule has 4 fully saturated rings. The number of anilines is 2. The lowest BCUT2D eigenvalue weighted by Gasteiger charge is -2.40. The number of aromatic nitrogens is 2. The van der Waals surface area contributed by atoms with Gasteiger partial charge in [-0.05, 0) is 105 Å². The maximum absolute atomic E-state index is 13.2. The summed E-state index contributed by atoms with van der Waals surface area (Å²) in [5.41, 5.74) is 4.51. The van der Waals surface area contributed by atoms with Gasteiger partial charge in [0.05, 0.1) is 36.2 Å². The Labute approximate surface area is 344 Å². The summed E-state index contributed by atoms with van der Waals surface area (Å²) in [5, 5.41) is 4.06. The highest BCUT2D eigenvalue weighted by Crippen LogP contribution is 2.35. The van der Waals surface area contributed by atoms with Crippen LogP contribution in [0.25, 0.3) is 15.7 Å². The first-order valence-electron chi connectivity index (χ1n) is 21.2. The van der Waals surface area contributed by atoms with Crippen molar-refractivity contribution in [2.24, 2.45) is 5.92 Å². The second-order valence-corrected chi connectivity index (χ2v) is 16.8. The number of Topliss-reactive ketones (excluding diaryl/α,β-unsaturated/α-hetero) is 2. The number of nitrogens with zero attached hydrogens (tertiary/aromatic N) is 7. The highest BCUT2D eigenvalue weighted by atomic mass is 16.5. The van der Waals surface area contributed by atoms with Crippen LogP contribution < -0.4 is 19.9 Å². The SMILES string of the molecule is [C-]#[N+]c1ccc(OC2CCC(NC(=O)c3ccc(N4CCC(CN5CCN(c6ccc7c(c6)CN([C@H]6CCC(=O)CC6=O)C7=O)CC5)CC4)nc3)CC2)c2cccnc12. The number of benzene rings is 2. The zero-order valence-electron chi connectivity index (χ0n) is 33.4. The van der Waals surface area contributed by atoms with Crippen LogP contribution in [0.5, 0.6) is 5.75 Å². The maximum Gasteiger partial charge on any atom is 0.255 e. The molecule has 4 aromatic rings. The third-order valence-electron chi connectivity index (χ3n) is 13.1. The van der Waals surface area contributed by atoms with Gasteiger partial charge in [0.25, 0.3) is 11.8 Å². The van der Waals surface area contributed by atoms with Crippen molar-refractivity contribution in [1.82, 2.24) is 25.1 Å². The number of amides is 2. The van der Waals surface area contributed by atoms with E-state index in [1.54, 1.807) is 23.4 Å². The van der Waals surface area contributed by atoms with E-state index in [1.807, 2.05) is 42.5 Å². The van der Waals surface area contributed by atoms with Crippen LogP contribution in [0.3, 0.4) is 0 Å². The van der Waals surface area contributed by atoms with Crippen LogP contribution in [-0.2, 0) is 16.1 Å². The average Bonchev–Trinajstić information content (AvgIpc) is 3.59. The number of carbonyl (C=O) groups is 4. The molecular weight excluding hydrogens is 745 g/mol. The van der Waals surface area contributed by atoms with Gasteiger partial charge in [0.1, 0.15) is 17.4 Å². The van der Waals surface area contributed by atoms with Crippen LogP contribution in [0.15, 0.2) is 67.0 Å². The molecule has 1 N–H and O–H groups in total. The normalized spacial score (nSPS) is 23.0. The van der Waals surface area contributed by atoms with Crippen LogP contribution in [-0.4, -0.2) is 107 Å². The molecule has 1 atom stereocenters. The summed E-state index contributed by atoms with van der Waals surface area (Å²) >= 11 is 0. The Bertz CT molecular complexity index is 2280. The smallest absolute Gasteiger partial charge is 0.255 e. The molecule has 2 saturated heterocycles. The Balaban J connectivity index is 0.693. The van der Waals surface area contributed by atoms with Crippen molar-refractivity contribution >= 4 is 51.5 Å². The van der Waals surface area contributed by atoms with Crippen LogP contribution in [0.1, 0.15) is 84.1 Å². The van der Waals surface area contributed by atoms with Gasteiger partial charge in [-0.25, -0.2) is 9.83 Å². The van der Waals surface area contributed by atoms with Gasteiger partial charge in [-0.2, -0.15) is 0 Å². The van der Waals surface area contributed by atoms with Crippen molar-refractivity contribution in [3.63, 3.8) is 0 Å². The minimum Gasteiger partial charge on any atom is -0.490 e. The lowest BCUT2D eigenvalue weighted by Crippen LogP contribution is -2.49. The number of nitrogens with one attached hydrogen (secondary N) is 1. The van der Waals surface area contributed by atoms with E-state index in [0.717, 1.165) is 113 Å². The number of piperidine rings is 1. The molecule has 0 unspecified atom stereocenters. The van der Waals surface area contributed by atoms with Crippen LogP contribution >= 0.6 is 0 Å². The molecule has 304 valence electrons. The second kappa shape index (κ2) is 16.8. The number of piperazine rings is 1. The molecule has 0 radical (unpaired) electrons. The zero-order chi connectivity index (χ0) is 40.5. The van der Waals surface area contributed by atoms with Crippen molar-refractivity contribution in [1.29, 1.82) is 0 Å². The predicted octanol–water partition coefficient (Wildman–Crippen LogP) is 5.99. The molecule has 59 heavy (non-hydrogen) atoms. The van der Waals surface area contributed by atoms with Gasteiger partial charge in [-0.15, -0.1) is 0 Å². The number of fused-ring (bicyclic) bond motifs is 2. The van der Waals surface area contributed by atoms with Gasteiger partial charge in [0, 0.05) is 93.9 Å². The van der Waals surface area contributed by atoms with E-state index < -0.39 is 6.04 Å². The molecule has 9 rings (SSSR count). The summed E-state index contributed by atoms with van der Waals surface area (Å²) in [7, 11) is 0. The number of ether oxygens (including phenoxy) is 1. The minimum atomic E-state index is -0.490. The van der Waals surface area contributed by atoms with E-state index in [-0.39, 0.29) is 41.9 Å². The summed E-state index contributed by atoms with van der Waals surface area (Å²) in [6.07, 6.45) is 9.69. The van der Waals surface area contributed by atoms with E-state index in [0.29, 0.717) is 47.6 Å². The van der Waals surface area contributed by atoms with E-state index in [4.69, 9.17) is 16.3 Å². The first-order chi connectivity index (χ1) is 28.8. The van der Waals surface area contributed by atoms with E-state index in [9.17, 15) is 19.2 Å². The summed E-state index contributed by atoms with van der Waals surface area (Å²) in [6, 6.07) is 17.0. The molecule has 3 aliphatic heterocycles. The Morgan fingerprint density at radius 1 is 0.864 bits per heavy atom. The molecule has 13 heteroatoms. The number of hydrogen-bond acceptors (Lipinski definition) is 10. The fraction of sp³-hybridized carbons (Fsp3) is 0.457. The van der Waals surface area contributed by atoms with Gasteiger partial charge in [-0.1, -0.05) is 6.07 Å². The predicted molar refractivity (Wildman–Crippen MR) is 224 cm³/mol. The molecule has 2 amide bonds. The molecule has 2 aromatic heterocycles. The summed E-state index contributed by atoms with van der Waals surface area (Å²) < 4.78 is 6.38.